The highest BCUT2D eigenvalue weighted by Gasteiger charge is 2.18. The molecule has 0 amide bonds. The predicted molar refractivity (Wildman–Crippen MR) is 83.0 cm³/mol. The Morgan fingerprint density at radius 2 is 2.09 bits per heavy atom. The Hall–Kier alpha value is -2.67. The van der Waals surface area contributed by atoms with Crippen LogP contribution in [0.25, 0.3) is 23.0 Å². The molecule has 3 rings (SSSR count). The highest BCUT2D eigenvalue weighted by atomic mass is 35.5. The lowest BCUT2D eigenvalue weighted by atomic mass is 10.2. The molecule has 0 spiro atoms. The minimum atomic E-state index is 0.218. The van der Waals surface area contributed by atoms with Gasteiger partial charge in [-0.2, -0.15) is 4.98 Å². The number of allylic oxidation sites excluding steroid dienone is 1. The third kappa shape index (κ3) is 2.71. The van der Waals surface area contributed by atoms with Crippen LogP contribution >= 0.6 is 11.6 Å². The molecule has 0 saturated heterocycles. The summed E-state index contributed by atoms with van der Waals surface area (Å²) in [6, 6.07) is 7.12. The molecule has 0 unspecified atom stereocenters. The number of aromatic nitrogens is 5. The molecular weight excluding hydrogens is 304 g/mol. The Morgan fingerprint density at radius 1 is 1.36 bits per heavy atom. The zero-order valence-electron chi connectivity index (χ0n) is 11.8. The van der Waals surface area contributed by atoms with Gasteiger partial charge < -0.3 is 10.3 Å². The quantitative estimate of drug-likeness (QED) is 0.743. The van der Waals surface area contributed by atoms with Gasteiger partial charge in [0.25, 0.3) is 5.89 Å². The molecule has 2 N–H and O–H groups in total. The van der Waals surface area contributed by atoms with Gasteiger partial charge in [-0.3, -0.25) is 0 Å². The minimum absolute atomic E-state index is 0.218. The number of halogens is 1. The molecule has 3 aromatic rings. The van der Waals surface area contributed by atoms with Crippen molar-refractivity contribution in [2.24, 2.45) is 0 Å². The van der Waals surface area contributed by atoms with Gasteiger partial charge >= 0.3 is 0 Å². The smallest absolute Gasteiger partial charge is 0.282 e. The molecule has 0 radical (unpaired) electrons. The van der Waals surface area contributed by atoms with Crippen molar-refractivity contribution in [3.05, 3.63) is 41.4 Å². The first-order valence-corrected chi connectivity index (χ1v) is 6.86. The topological polar surface area (TPSA) is 95.6 Å². The van der Waals surface area contributed by atoms with Gasteiger partial charge in [-0.1, -0.05) is 34.1 Å². The summed E-state index contributed by atoms with van der Waals surface area (Å²) >= 11 is 5.86. The second-order valence-corrected chi connectivity index (χ2v) is 5.30. The molecule has 0 fully saturated rings. The number of hydrogen-bond acceptors (Lipinski definition) is 6. The maximum atomic E-state index is 6.00. The summed E-state index contributed by atoms with van der Waals surface area (Å²) in [5, 5.41) is 12.5. The molecule has 2 aromatic heterocycles. The number of anilines is 1. The van der Waals surface area contributed by atoms with Gasteiger partial charge in [-0.15, -0.1) is 5.10 Å². The standard InChI is InChI=1S/C14H13ClN6O/c1-8(2)7-21-12(16)11(18-20-21)14-17-13(19-22-14)9-3-5-10(15)6-4-9/h3-6H,1,7,16H2,2H3. The van der Waals surface area contributed by atoms with Gasteiger partial charge in [-0.25, -0.2) is 4.68 Å². The maximum Gasteiger partial charge on any atom is 0.282 e. The Bertz CT molecular complexity index is 820. The maximum absolute atomic E-state index is 6.00. The van der Waals surface area contributed by atoms with Gasteiger partial charge in [0.2, 0.25) is 5.82 Å². The van der Waals surface area contributed by atoms with E-state index in [1.54, 1.807) is 24.3 Å². The number of nitrogens with zero attached hydrogens (tertiary/aromatic N) is 5. The summed E-state index contributed by atoms with van der Waals surface area (Å²) in [4.78, 5) is 4.29. The average Bonchev–Trinajstić information content (AvgIpc) is 3.08. The van der Waals surface area contributed by atoms with Crippen LogP contribution in [0.4, 0.5) is 5.82 Å². The summed E-state index contributed by atoms with van der Waals surface area (Å²) in [6.07, 6.45) is 0. The minimum Gasteiger partial charge on any atom is -0.382 e. The summed E-state index contributed by atoms with van der Waals surface area (Å²) < 4.78 is 6.75. The monoisotopic (exact) mass is 316 g/mol. The van der Waals surface area contributed by atoms with Crippen LogP contribution in [0.3, 0.4) is 0 Å². The van der Waals surface area contributed by atoms with Crippen LogP contribution in [0.5, 0.6) is 0 Å². The number of nitrogen functional groups attached to an aromatic ring is 1. The molecule has 2 heterocycles. The van der Waals surface area contributed by atoms with E-state index in [0.29, 0.717) is 28.9 Å². The third-order valence-corrected chi connectivity index (χ3v) is 3.18. The fraction of sp³-hybridized carbons (Fsp3) is 0.143. The molecular formula is C14H13ClN6O. The normalized spacial score (nSPS) is 10.8. The van der Waals surface area contributed by atoms with Crippen LogP contribution in [-0.2, 0) is 6.54 Å². The molecule has 0 aliphatic rings. The van der Waals surface area contributed by atoms with Crippen molar-refractivity contribution in [3.63, 3.8) is 0 Å². The summed E-state index contributed by atoms with van der Waals surface area (Å²) in [6.45, 7) is 6.18. The van der Waals surface area contributed by atoms with E-state index < -0.39 is 0 Å². The molecule has 0 bridgehead atoms. The highest BCUT2D eigenvalue weighted by molar-refractivity contribution is 6.30. The zero-order valence-corrected chi connectivity index (χ0v) is 12.6. The van der Waals surface area contributed by atoms with Crippen LogP contribution in [0, 0.1) is 0 Å². The van der Waals surface area contributed by atoms with Crippen molar-refractivity contribution in [3.8, 4) is 23.0 Å². The highest BCUT2D eigenvalue weighted by Crippen LogP contribution is 2.25. The fourth-order valence-corrected chi connectivity index (χ4v) is 2.01. The van der Waals surface area contributed by atoms with E-state index in [1.165, 1.54) is 4.68 Å². The predicted octanol–water partition coefficient (Wildman–Crippen LogP) is 2.81. The number of benzene rings is 1. The van der Waals surface area contributed by atoms with Crippen LogP contribution in [0.15, 0.2) is 40.9 Å². The molecule has 7 nitrogen and oxygen atoms in total. The lowest BCUT2D eigenvalue weighted by Crippen LogP contribution is -2.05. The van der Waals surface area contributed by atoms with Crippen molar-refractivity contribution in [2.75, 3.05) is 5.73 Å². The molecule has 0 aliphatic carbocycles. The average molecular weight is 317 g/mol. The van der Waals surface area contributed by atoms with Gasteiger partial charge in [-0.05, 0) is 31.2 Å². The van der Waals surface area contributed by atoms with Crippen molar-refractivity contribution in [1.82, 2.24) is 25.1 Å². The van der Waals surface area contributed by atoms with Crippen LogP contribution in [0.1, 0.15) is 6.92 Å². The second-order valence-electron chi connectivity index (χ2n) is 4.87. The summed E-state index contributed by atoms with van der Waals surface area (Å²) in [5.74, 6) is 1.00. The molecule has 112 valence electrons. The van der Waals surface area contributed by atoms with Gasteiger partial charge in [0.15, 0.2) is 11.5 Å². The first-order valence-electron chi connectivity index (χ1n) is 6.48. The van der Waals surface area contributed by atoms with Crippen LogP contribution < -0.4 is 5.73 Å². The number of nitrogens with two attached hydrogens (primary N) is 1. The van der Waals surface area contributed by atoms with Crippen LogP contribution in [0.2, 0.25) is 5.02 Å². The van der Waals surface area contributed by atoms with Crippen molar-refractivity contribution >= 4 is 17.4 Å². The van der Waals surface area contributed by atoms with Gasteiger partial charge in [0.05, 0.1) is 6.54 Å². The summed E-state index contributed by atoms with van der Waals surface area (Å²) in [5.41, 5.74) is 8.06. The molecule has 22 heavy (non-hydrogen) atoms. The lowest BCUT2D eigenvalue weighted by Gasteiger charge is -2.00. The zero-order chi connectivity index (χ0) is 15.7. The first kappa shape index (κ1) is 14.3. The molecule has 0 aliphatic heterocycles. The van der Waals surface area contributed by atoms with Crippen molar-refractivity contribution < 1.29 is 4.52 Å². The van der Waals surface area contributed by atoms with Crippen LogP contribution in [-0.4, -0.2) is 25.1 Å². The Kier molecular flexibility index (Phi) is 3.64. The van der Waals surface area contributed by atoms with E-state index in [2.05, 4.69) is 27.0 Å². The Labute approximate surface area is 131 Å². The van der Waals surface area contributed by atoms with E-state index in [0.717, 1.165) is 11.1 Å². The second kappa shape index (κ2) is 5.61. The van der Waals surface area contributed by atoms with E-state index in [-0.39, 0.29) is 5.89 Å². The molecule has 1 aromatic carbocycles. The van der Waals surface area contributed by atoms with Gasteiger partial charge in [0.1, 0.15) is 0 Å². The fourth-order valence-electron chi connectivity index (χ4n) is 1.88. The van der Waals surface area contributed by atoms with E-state index in [4.69, 9.17) is 21.9 Å². The Balaban J connectivity index is 1.92. The van der Waals surface area contributed by atoms with E-state index in [1.807, 2.05) is 6.92 Å². The van der Waals surface area contributed by atoms with E-state index in [9.17, 15) is 0 Å². The lowest BCUT2D eigenvalue weighted by molar-refractivity contribution is 0.431. The third-order valence-electron chi connectivity index (χ3n) is 2.92. The Morgan fingerprint density at radius 3 is 2.77 bits per heavy atom. The summed E-state index contributed by atoms with van der Waals surface area (Å²) in [7, 11) is 0. The number of rotatable bonds is 4. The SMILES string of the molecule is C=C(C)Cn1nnc(-c2nc(-c3ccc(Cl)cc3)no2)c1N. The van der Waals surface area contributed by atoms with Crippen molar-refractivity contribution in [2.45, 2.75) is 13.5 Å². The van der Waals surface area contributed by atoms with Crippen molar-refractivity contribution in [1.29, 1.82) is 0 Å². The first-order chi connectivity index (χ1) is 10.5. The van der Waals surface area contributed by atoms with Gasteiger partial charge in [0, 0.05) is 10.6 Å². The molecule has 8 heteroatoms. The number of hydrogen-bond donors (Lipinski definition) is 1. The molecule has 0 saturated carbocycles. The van der Waals surface area contributed by atoms with E-state index >= 15 is 0 Å². The largest absolute Gasteiger partial charge is 0.382 e. The molecule has 0 atom stereocenters.